The Bertz CT molecular complexity index is 767. The van der Waals surface area contributed by atoms with E-state index in [2.05, 4.69) is 50.4 Å². The summed E-state index contributed by atoms with van der Waals surface area (Å²) < 4.78 is 6.06. The molecule has 0 heterocycles. The van der Waals surface area contributed by atoms with Crippen LogP contribution in [0.1, 0.15) is 60.5 Å². The molecule has 0 aliphatic carbocycles. The van der Waals surface area contributed by atoms with Crippen molar-refractivity contribution >= 4 is 5.91 Å². The van der Waals surface area contributed by atoms with Gasteiger partial charge >= 0.3 is 0 Å². The van der Waals surface area contributed by atoms with E-state index in [9.17, 15) is 4.79 Å². The summed E-state index contributed by atoms with van der Waals surface area (Å²) in [5, 5.41) is 3.18. The van der Waals surface area contributed by atoms with Crippen LogP contribution in [0.4, 0.5) is 0 Å². The highest BCUT2D eigenvalue weighted by atomic mass is 16.5. The highest BCUT2D eigenvalue weighted by molar-refractivity contribution is 5.81. The minimum Gasteiger partial charge on any atom is -0.480 e. The summed E-state index contributed by atoms with van der Waals surface area (Å²) >= 11 is 0. The molecule has 0 bridgehead atoms. The number of amides is 1. The van der Waals surface area contributed by atoms with Gasteiger partial charge in [0, 0.05) is 0 Å². The lowest BCUT2D eigenvalue weighted by atomic mass is 9.97. The predicted molar refractivity (Wildman–Crippen MR) is 108 cm³/mol. The molecule has 1 N–H and O–H groups in total. The fourth-order valence-electron chi connectivity index (χ4n) is 3.19. The van der Waals surface area contributed by atoms with Crippen LogP contribution in [0.15, 0.2) is 36.4 Å². The van der Waals surface area contributed by atoms with Crippen molar-refractivity contribution in [3.63, 3.8) is 0 Å². The molecule has 0 saturated heterocycles. The van der Waals surface area contributed by atoms with Gasteiger partial charge in [0.2, 0.25) is 0 Å². The lowest BCUT2D eigenvalue weighted by Crippen LogP contribution is -2.40. The first-order chi connectivity index (χ1) is 12.3. The van der Waals surface area contributed by atoms with E-state index < -0.39 is 6.10 Å². The lowest BCUT2D eigenvalue weighted by molar-refractivity contribution is -0.129. The van der Waals surface area contributed by atoms with Gasteiger partial charge in [-0.2, -0.15) is 0 Å². The molecule has 0 spiro atoms. The van der Waals surface area contributed by atoms with Crippen LogP contribution in [-0.2, 0) is 4.79 Å². The zero-order chi connectivity index (χ0) is 19.3. The van der Waals surface area contributed by atoms with Crippen molar-refractivity contribution in [3.8, 4) is 5.75 Å². The molecule has 0 radical (unpaired) electrons. The highest BCUT2D eigenvalue weighted by Gasteiger charge is 2.23. The minimum atomic E-state index is -0.490. The molecule has 140 valence electrons. The fourth-order valence-corrected chi connectivity index (χ4v) is 3.19. The summed E-state index contributed by atoms with van der Waals surface area (Å²) in [6.07, 6.45) is 0.980. The molecule has 1 amide bonds. The molecule has 2 aromatic rings. The van der Waals surface area contributed by atoms with Gasteiger partial charge in [0.1, 0.15) is 5.75 Å². The minimum absolute atomic E-state index is 0.000596. The van der Waals surface area contributed by atoms with Crippen LogP contribution in [0.25, 0.3) is 0 Å². The van der Waals surface area contributed by atoms with Crippen molar-refractivity contribution in [3.05, 3.63) is 64.2 Å². The van der Waals surface area contributed by atoms with E-state index in [0.29, 0.717) is 6.42 Å². The van der Waals surface area contributed by atoms with E-state index in [0.717, 1.165) is 23.3 Å². The molecule has 2 aromatic carbocycles. The van der Waals surface area contributed by atoms with Gasteiger partial charge < -0.3 is 10.1 Å². The van der Waals surface area contributed by atoms with Gasteiger partial charge in [-0.1, -0.05) is 49.7 Å². The number of hydrogen-bond acceptors (Lipinski definition) is 2. The van der Waals surface area contributed by atoms with Crippen LogP contribution in [0, 0.1) is 27.7 Å². The van der Waals surface area contributed by atoms with E-state index >= 15 is 0 Å². The number of rotatable bonds is 7. The molecule has 2 atom stereocenters. The molecule has 2 rings (SSSR count). The van der Waals surface area contributed by atoms with Crippen LogP contribution >= 0.6 is 0 Å². The van der Waals surface area contributed by atoms with Gasteiger partial charge in [0.05, 0.1) is 6.04 Å². The third-order valence-corrected chi connectivity index (χ3v) is 4.80. The van der Waals surface area contributed by atoms with Crippen molar-refractivity contribution < 1.29 is 9.53 Å². The molecule has 3 heteroatoms. The number of aryl methyl sites for hydroxylation is 4. The molecule has 0 aromatic heterocycles. The summed E-state index contributed by atoms with van der Waals surface area (Å²) in [4.78, 5) is 12.9. The highest BCUT2D eigenvalue weighted by Crippen LogP contribution is 2.24. The van der Waals surface area contributed by atoms with E-state index in [-0.39, 0.29) is 11.9 Å². The molecule has 26 heavy (non-hydrogen) atoms. The molecule has 0 aliphatic heterocycles. The molecular weight excluding hydrogens is 322 g/mol. The standard InChI is InChI=1S/C23H31NO2/c1-7-20(19-12-10-15(3)13-18(19)6)24-23(25)21(8-2)26-22-14-16(4)9-11-17(22)5/h9-14,20-21H,7-8H2,1-6H3,(H,24,25)/t20-,21-/m1/s1. The number of carbonyl (C=O) groups excluding carboxylic acids is 1. The Morgan fingerprint density at radius 3 is 2.19 bits per heavy atom. The van der Waals surface area contributed by atoms with Crippen LogP contribution in [-0.4, -0.2) is 12.0 Å². The van der Waals surface area contributed by atoms with E-state index in [1.807, 2.05) is 32.9 Å². The zero-order valence-corrected chi connectivity index (χ0v) is 16.8. The van der Waals surface area contributed by atoms with E-state index in [1.54, 1.807) is 0 Å². The average molecular weight is 354 g/mol. The maximum Gasteiger partial charge on any atom is 0.261 e. The number of carbonyl (C=O) groups is 1. The Labute approximate surface area is 157 Å². The third-order valence-electron chi connectivity index (χ3n) is 4.80. The number of ether oxygens (including phenoxy) is 1. The number of hydrogen-bond donors (Lipinski definition) is 1. The van der Waals surface area contributed by atoms with Gasteiger partial charge in [-0.3, -0.25) is 4.79 Å². The number of benzene rings is 2. The number of nitrogens with one attached hydrogen (secondary N) is 1. The van der Waals surface area contributed by atoms with Crippen molar-refractivity contribution in [2.75, 3.05) is 0 Å². The SMILES string of the molecule is CC[C@@H](Oc1cc(C)ccc1C)C(=O)N[C@H](CC)c1ccc(C)cc1C. The van der Waals surface area contributed by atoms with Gasteiger partial charge in [-0.05, 0) is 68.9 Å². The summed E-state index contributed by atoms with van der Waals surface area (Å²) in [5.74, 6) is 0.729. The Hall–Kier alpha value is -2.29. The summed E-state index contributed by atoms with van der Waals surface area (Å²) in [6, 6.07) is 12.4. The largest absolute Gasteiger partial charge is 0.480 e. The van der Waals surface area contributed by atoms with Gasteiger partial charge in [0.15, 0.2) is 6.10 Å². The maximum atomic E-state index is 12.9. The van der Waals surface area contributed by atoms with E-state index in [1.165, 1.54) is 16.7 Å². The fraction of sp³-hybridized carbons (Fsp3) is 0.435. The van der Waals surface area contributed by atoms with Crippen LogP contribution in [0.2, 0.25) is 0 Å². The monoisotopic (exact) mass is 353 g/mol. The van der Waals surface area contributed by atoms with Crippen molar-refractivity contribution in [1.82, 2.24) is 5.32 Å². The van der Waals surface area contributed by atoms with Crippen molar-refractivity contribution in [2.45, 2.75) is 66.5 Å². The van der Waals surface area contributed by atoms with Crippen LogP contribution in [0.3, 0.4) is 0 Å². The van der Waals surface area contributed by atoms with E-state index in [4.69, 9.17) is 4.74 Å². The first-order valence-corrected chi connectivity index (χ1v) is 9.47. The second-order valence-corrected chi connectivity index (χ2v) is 7.11. The Morgan fingerprint density at radius 1 is 0.923 bits per heavy atom. The molecule has 0 aliphatic rings. The summed E-state index contributed by atoms with van der Waals surface area (Å²) in [7, 11) is 0. The molecule has 0 fully saturated rings. The normalized spacial score (nSPS) is 13.2. The average Bonchev–Trinajstić information content (AvgIpc) is 2.60. The maximum absolute atomic E-state index is 12.9. The quantitative estimate of drug-likeness (QED) is 0.729. The first-order valence-electron chi connectivity index (χ1n) is 9.47. The van der Waals surface area contributed by atoms with Crippen molar-refractivity contribution in [2.24, 2.45) is 0 Å². The van der Waals surface area contributed by atoms with Crippen molar-refractivity contribution in [1.29, 1.82) is 0 Å². The second-order valence-electron chi connectivity index (χ2n) is 7.11. The molecule has 0 saturated carbocycles. The Kier molecular flexibility index (Phi) is 6.84. The van der Waals surface area contributed by atoms with Crippen LogP contribution in [0.5, 0.6) is 5.75 Å². The summed E-state index contributed by atoms with van der Waals surface area (Å²) in [5.41, 5.74) is 5.79. The lowest BCUT2D eigenvalue weighted by Gasteiger charge is -2.24. The van der Waals surface area contributed by atoms with Gasteiger partial charge in [-0.25, -0.2) is 0 Å². The topological polar surface area (TPSA) is 38.3 Å². The molecule has 0 unspecified atom stereocenters. The third kappa shape index (κ3) is 4.87. The Balaban J connectivity index is 2.15. The predicted octanol–water partition coefficient (Wildman–Crippen LogP) is 5.35. The van der Waals surface area contributed by atoms with Crippen LogP contribution < -0.4 is 10.1 Å². The van der Waals surface area contributed by atoms with Gasteiger partial charge in [-0.15, -0.1) is 0 Å². The smallest absolute Gasteiger partial charge is 0.261 e. The first kappa shape index (κ1) is 20.0. The molecular formula is C23H31NO2. The zero-order valence-electron chi connectivity index (χ0n) is 16.8. The van der Waals surface area contributed by atoms with Gasteiger partial charge in [0.25, 0.3) is 5.91 Å². The second kappa shape index (κ2) is 8.88. The summed E-state index contributed by atoms with van der Waals surface area (Å²) in [6.45, 7) is 12.3. The molecule has 3 nitrogen and oxygen atoms in total. The Morgan fingerprint density at radius 2 is 1.58 bits per heavy atom.